The summed E-state index contributed by atoms with van der Waals surface area (Å²) in [7, 11) is 0. The van der Waals surface area contributed by atoms with Gasteiger partial charge in [0.25, 0.3) is 0 Å². The molecule has 30 heavy (non-hydrogen) atoms. The fourth-order valence-corrected chi connectivity index (χ4v) is 4.44. The van der Waals surface area contributed by atoms with Crippen molar-refractivity contribution in [1.82, 2.24) is 9.55 Å². The first-order valence-corrected chi connectivity index (χ1v) is 9.99. The lowest BCUT2D eigenvalue weighted by molar-refractivity contribution is 0.726. The van der Waals surface area contributed by atoms with Crippen LogP contribution in [0.1, 0.15) is 27.9 Å². The van der Waals surface area contributed by atoms with Crippen LogP contribution >= 0.6 is 12.4 Å². The van der Waals surface area contributed by atoms with Crippen molar-refractivity contribution in [1.29, 1.82) is 5.26 Å². The summed E-state index contributed by atoms with van der Waals surface area (Å²) in [6.07, 6.45) is 4.82. The lowest BCUT2D eigenvalue weighted by Gasteiger charge is -2.31. The maximum absolute atomic E-state index is 9.82. The molecule has 2 aromatic heterocycles. The minimum atomic E-state index is 0. The van der Waals surface area contributed by atoms with Crippen molar-refractivity contribution in [3.63, 3.8) is 0 Å². The minimum absolute atomic E-state index is 0. The molecule has 0 radical (unpaired) electrons. The van der Waals surface area contributed by atoms with Gasteiger partial charge in [-0.1, -0.05) is 54.6 Å². The Hall–Kier alpha value is -3.29. The molecular formula is C25H23ClN4. The number of aromatic nitrogens is 2. The molecule has 2 aromatic carbocycles. The monoisotopic (exact) mass is 414 g/mol. The number of pyridine rings is 1. The highest BCUT2D eigenvalue weighted by molar-refractivity contribution is 5.96. The molecule has 1 aliphatic rings. The van der Waals surface area contributed by atoms with Crippen LogP contribution in [0.2, 0.25) is 0 Å². The van der Waals surface area contributed by atoms with Crippen molar-refractivity contribution in [2.45, 2.75) is 26.4 Å². The van der Waals surface area contributed by atoms with E-state index in [-0.39, 0.29) is 12.4 Å². The van der Waals surface area contributed by atoms with Crippen molar-refractivity contribution in [3.8, 4) is 6.07 Å². The van der Waals surface area contributed by atoms with Crippen molar-refractivity contribution < 1.29 is 0 Å². The van der Waals surface area contributed by atoms with Crippen LogP contribution in [-0.4, -0.2) is 16.1 Å². The van der Waals surface area contributed by atoms with Gasteiger partial charge in [-0.2, -0.15) is 5.26 Å². The van der Waals surface area contributed by atoms with Gasteiger partial charge >= 0.3 is 0 Å². The van der Waals surface area contributed by atoms with E-state index in [0.717, 1.165) is 53.9 Å². The van der Waals surface area contributed by atoms with Gasteiger partial charge in [0.2, 0.25) is 0 Å². The first-order valence-electron chi connectivity index (χ1n) is 9.99. The third kappa shape index (κ3) is 3.32. The summed E-state index contributed by atoms with van der Waals surface area (Å²) >= 11 is 0. The smallest absolute Gasteiger partial charge is 0.102 e. The highest BCUT2D eigenvalue weighted by atomic mass is 35.5. The summed E-state index contributed by atoms with van der Waals surface area (Å²) < 4.78 is 2.28. The van der Waals surface area contributed by atoms with E-state index < -0.39 is 0 Å². The van der Waals surface area contributed by atoms with Crippen molar-refractivity contribution in [3.05, 3.63) is 94.9 Å². The number of nitrogens with zero attached hydrogens (tertiary/aromatic N) is 4. The van der Waals surface area contributed by atoms with E-state index in [2.05, 4.69) is 69.1 Å². The van der Waals surface area contributed by atoms with Crippen molar-refractivity contribution >= 4 is 29.0 Å². The third-order valence-corrected chi connectivity index (χ3v) is 5.97. The van der Waals surface area contributed by atoms with Crippen molar-refractivity contribution in [2.24, 2.45) is 0 Å². The van der Waals surface area contributed by atoms with E-state index in [1.165, 1.54) is 16.7 Å². The maximum Gasteiger partial charge on any atom is 0.102 e. The Labute approximate surface area is 182 Å². The lowest BCUT2D eigenvalue weighted by Crippen LogP contribution is -2.30. The standard InChI is InChI=1S/C25H22N4.ClH/c1-18-22(13-26)23-14-27-15-24(25(23)29(18)16-19-7-3-2-4-8-19)28-12-11-20-9-5-6-10-21(20)17-28;/h2-10,14-15H,11-12,16-17H2,1H3;1H. The Kier molecular flexibility index (Phi) is 5.48. The van der Waals surface area contributed by atoms with Gasteiger partial charge in [-0.15, -0.1) is 12.4 Å². The van der Waals surface area contributed by atoms with E-state index in [1.807, 2.05) is 25.4 Å². The Bertz CT molecular complexity index is 1240. The zero-order chi connectivity index (χ0) is 19.8. The van der Waals surface area contributed by atoms with E-state index in [0.29, 0.717) is 0 Å². The topological polar surface area (TPSA) is 44.9 Å². The number of rotatable bonds is 3. The van der Waals surface area contributed by atoms with Crippen LogP contribution in [0.3, 0.4) is 0 Å². The van der Waals surface area contributed by atoms with Gasteiger partial charge in [-0.3, -0.25) is 4.98 Å². The Morgan fingerprint density at radius 3 is 2.50 bits per heavy atom. The van der Waals surface area contributed by atoms with E-state index in [1.54, 1.807) is 0 Å². The zero-order valence-electron chi connectivity index (χ0n) is 16.9. The number of hydrogen-bond acceptors (Lipinski definition) is 3. The Balaban J connectivity index is 0.00000218. The molecule has 0 N–H and O–H groups in total. The summed E-state index contributed by atoms with van der Waals surface area (Å²) in [5.74, 6) is 0. The fraction of sp³-hybridized carbons (Fsp3) is 0.200. The van der Waals surface area contributed by atoms with Crippen LogP contribution in [0.15, 0.2) is 67.0 Å². The summed E-state index contributed by atoms with van der Waals surface area (Å²) in [6.45, 7) is 4.60. The van der Waals surface area contributed by atoms with Gasteiger partial charge in [0.05, 0.1) is 23.0 Å². The number of halogens is 1. The van der Waals surface area contributed by atoms with Gasteiger partial charge in [0.1, 0.15) is 6.07 Å². The predicted molar refractivity (Wildman–Crippen MR) is 123 cm³/mol. The maximum atomic E-state index is 9.82. The molecule has 4 nitrogen and oxygen atoms in total. The van der Waals surface area contributed by atoms with Crippen LogP contribution < -0.4 is 4.90 Å². The largest absolute Gasteiger partial charge is 0.364 e. The average molecular weight is 415 g/mol. The zero-order valence-corrected chi connectivity index (χ0v) is 17.7. The van der Waals surface area contributed by atoms with Gasteiger partial charge in [-0.25, -0.2) is 0 Å². The predicted octanol–water partition coefficient (Wildman–Crippen LogP) is 5.25. The lowest BCUT2D eigenvalue weighted by atomic mass is 9.99. The summed E-state index contributed by atoms with van der Waals surface area (Å²) in [5, 5.41) is 10.8. The van der Waals surface area contributed by atoms with Crippen LogP contribution in [0.25, 0.3) is 10.9 Å². The number of nitriles is 1. The van der Waals surface area contributed by atoms with Gasteiger partial charge in [-0.05, 0) is 30.0 Å². The van der Waals surface area contributed by atoms with Crippen LogP contribution in [-0.2, 0) is 19.5 Å². The number of benzene rings is 2. The molecule has 0 amide bonds. The molecule has 0 atom stereocenters. The van der Waals surface area contributed by atoms with Crippen molar-refractivity contribution in [2.75, 3.05) is 11.4 Å². The average Bonchev–Trinajstić information content (AvgIpc) is 3.05. The molecule has 0 unspecified atom stereocenters. The van der Waals surface area contributed by atoms with E-state index >= 15 is 0 Å². The molecule has 0 saturated carbocycles. The van der Waals surface area contributed by atoms with Crippen LogP contribution in [0, 0.1) is 18.3 Å². The second-order valence-corrected chi connectivity index (χ2v) is 7.64. The van der Waals surface area contributed by atoms with Gasteiger partial charge in [0.15, 0.2) is 0 Å². The molecule has 0 spiro atoms. The highest BCUT2D eigenvalue weighted by Crippen LogP contribution is 2.35. The summed E-state index contributed by atoms with van der Waals surface area (Å²) in [4.78, 5) is 6.91. The SMILES string of the molecule is Cc1c(C#N)c2cncc(N3CCc4ccccc4C3)c2n1Cc1ccccc1.Cl. The van der Waals surface area contributed by atoms with Crippen LogP contribution in [0.5, 0.6) is 0 Å². The molecule has 0 saturated heterocycles. The quantitative estimate of drug-likeness (QED) is 0.460. The normalized spacial score (nSPS) is 12.9. The molecule has 3 heterocycles. The van der Waals surface area contributed by atoms with E-state index in [9.17, 15) is 5.26 Å². The third-order valence-electron chi connectivity index (χ3n) is 5.97. The number of fused-ring (bicyclic) bond motifs is 2. The second kappa shape index (κ2) is 8.22. The van der Waals surface area contributed by atoms with Gasteiger partial charge in [0, 0.05) is 36.9 Å². The highest BCUT2D eigenvalue weighted by Gasteiger charge is 2.23. The Morgan fingerprint density at radius 1 is 1.00 bits per heavy atom. The number of anilines is 1. The molecule has 5 heteroatoms. The number of hydrogen-bond donors (Lipinski definition) is 0. The molecule has 150 valence electrons. The molecule has 1 aliphatic heterocycles. The minimum Gasteiger partial charge on any atom is -0.364 e. The first-order chi connectivity index (χ1) is 14.3. The Morgan fingerprint density at radius 2 is 1.73 bits per heavy atom. The molecule has 5 rings (SSSR count). The van der Waals surface area contributed by atoms with E-state index in [4.69, 9.17) is 0 Å². The summed E-state index contributed by atoms with van der Waals surface area (Å²) in [5.41, 5.74) is 7.96. The fourth-order valence-electron chi connectivity index (χ4n) is 4.44. The molecule has 0 aliphatic carbocycles. The second-order valence-electron chi connectivity index (χ2n) is 7.64. The first kappa shape index (κ1) is 20.0. The molecular weight excluding hydrogens is 392 g/mol. The molecule has 0 fully saturated rings. The molecule has 4 aromatic rings. The summed E-state index contributed by atoms with van der Waals surface area (Å²) in [6, 6.07) is 21.5. The van der Waals surface area contributed by atoms with Gasteiger partial charge < -0.3 is 9.47 Å². The van der Waals surface area contributed by atoms with Crippen LogP contribution in [0.4, 0.5) is 5.69 Å². The molecule has 0 bridgehead atoms.